The summed E-state index contributed by atoms with van der Waals surface area (Å²) in [5.74, 6) is 0.598. The van der Waals surface area contributed by atoms with E-state index in [1.807, 2.05) is 36.4 Å². The Morgan fingerprint density at radius 1 is 1.06 bits per heavy atom. The van der Waals surface area contributed by atoms with Crippen molar-refractivity contribution in [3.63, 3.8) is 0 Å². The van der Waals surface area contributed by atoms with Crippen LogP contribution in [0.2, 0.25) is 0 Å². The van der Waals surface area contributed by atoms with Crippen LogP contribution in [0.1, 0.15) is 36.0 Å². The molecule has 0 amide bonds. The lowest BCUT2D eigenvalue weighted by Gasteiger charge is -2.26. The Hall–Kier alpha value is -4.17. The number of rotatable bonds is 7. The monoisotopic (exact) mass is 484 g/mol. The lowest BCUT2D eigenvalue weighted by molar-refractivity contribution is -0.384. The van der Waals surface area contributed by atoms with Crippen LogP contribution in [0.25, 0.3) is 10.9 Å². The third kappa shape index (κ3) is 4.94. The van der Waals surface area contributed by atoms with Crippen LogP contribution in [0, 0.1) is 10.1 Å². The molecule has 0 unspecified atom stereocenters. The van der Waals surface area contributed by atoms with E-state index >= 15 is 0 Å². The van der Waals surface area contributed by atoms with Crippen LogP contribution >= 0.6 is 0 Å². The van der Waals surface area contributed by atoms with Gasteiger partial charge in [-0.05, 0) is 74.0 Å². The highest BCUT2D eigenvalue weighted by atomic mass is 16.6. The standard InChI is InChI=1S/C28H28N4O4/c1-36-23-12-7-20(8-13-23)27(26-24-17-22(32(34)35)11-14-25(24)30-28(26)33)29-21-9-5-19(6-10-21)18-31-15-3-2-4-16-31/h5-14,17,30,33H,2-4,15-16,18H2,1H3. The molecular formula is C28H28N4O4. The van der Waals surface area contributed by atoms with Crippen LogP contribution in [-0.2, 0) is 6.54 Å². The van der Waals surface area contributed by atoms with E-state index in [-0.39, 0.29) is 11.6 Å². The summed E-state index contributed by atoms with van der Waals surface area (Å²) in [6, 6.07) is 19.9. The van der Waals surface area contributed by atoms with E-state index in [1.54, 1.807) is 13.2 Å². The predicted molar refractivity (Wildman–Crippen MR) is 140 cm³/mol. The minimum absolute atomic E-state index is 0.0566. The minimum atomic E-state index is -0.446. The van der Waals surface area contributed by atoms with Gasteiger partial charge in [-0.15, -0.1) is 0 Å². The average molecular weight is 485 g/mol. The smallest absolute Gasteiger partial charge is 0.270 e. The third-order valence-electron chi connectivity index (χ3n) is 6.61. The van der Waals surface area contributed by atoms with Gasteiger partial charge in [0.05, 0.1) is 29.0 Å². The number of aromatic nitrogens is 1. The molecule has 0 aliphatic carbocycles. The largest absolute Gasteiger partial charge is 0.497 e. The fourth-order valence-electron chi connectivity index (χ4n) is 4.71. The van der Waals surface area contributed by atoms with Gasteiger partial charge in [-0.25, -0.2) is 4.99 Å². The zero-order valence-corrected chi connectivity index (χ0v) is 20.1. The van der Waals surface area contributed by atoms with Crippen LogP contribution in [0.15, 0.2) is 71.7 Å². The van der Waals surface area contributed by atoms with Crippen molar-refractivity contribution in [3.05, 3.63) is 93.5 Å². The van der Waals surface area contributed by atoms with Crippen molar-refractivity contribution < 1.29 is 14.8 Å². The van der Waals surface area contributed by atoms with Crippen LogP contribution < -0.4 is 4.74 Å². The van der Waals surface area contributed by atoms with E-state index in [0.29, 0.717) is 27.9 Å². The number of nitrogens with zero attached hydrogens (tertiary/aromatic N) is 3. The third-order valence-corrected chi connectivity index (χ3v) is 6.61. The zero-order chi connectivity index (χ0) is 25.1. The number of aliphatic imine (C=N–C) groups is 1. The number of nitro benzene ring substituents is 1. The number of ether oxygens (including phenoxy) is 1. The maximum Gasteiger partial charge on any atom is 0.270 e. The van der Waals surface area contributed by atoms with Gasteiger partial charge >= 0.3 is 0 Å². The molecule has 1 saturated heterocycles. The van der Waals surface area contributed by atoms with Gasteiger partial charge in [0.1, 0.15) is 5.75 Å². The molecule has 1 aliphatic rings. The Morgan fingerprint density at radius 2 is 1.78 bits per heavy atom. The van der Waals surface area contributed by atoms with Gasteiger partial charge in [-0.1, -0.05) is 18.6 Å². The van der Waals surface area contributed by atoms with Gasteiger partial charge in [0, 0.05) is 35.1 Å². The van der Waals surface area contributed by atoms with E-state index in [1.165, 1.54) is 37.0 Å². The summed E-state index contributed by atoms with van der Waals surface area (Å²) < 4.78 is 5.30. The highest BCUT2D eigenvalue weighted by molar-refractivity contribution is 6.22. The fourth-order valence-corrected chi connectivity index (χ4v) is 4.71. The molecule has 2 heterocycles. The normalized spacial score (nSPS) is 14.8. The van der Waals surface area contributed by atoms with Gasteiger partial charge in [0.2, 0.25) is 0 Å². The Kier molecular flexibility index (Phi) is 6.69. The number of aromatic amines is 1. The summed E-state index contributed by atoms with van der Waals surface area (Å²) >= 11 is 0. The first-order valence-corrected chi connectivity index (χ1v) is 12.1. The van der Waals surface area contributed by atoms with Crippen LogP contribution in [0.3, 0.4) is 0 Å². The first-order valence-electron chi connectivity index (χ1n) is 12.1. The van der Waals surface area contributed by atoms with Crippen molar-refractivity contribution in [2.75, 3.05) is 20.2 Å². The quantitative estimate of drug-likeness (QED) is 0.192. The summed E-state index contributed by atoms with van der Waals surface area (Å²) in [6.45, 7) is 3.18. The summed E-state index contributed by atoms with van der Waals surface area (Å²) in [7, 11) is 1.60. The number of hydrogen-bond acceptors (Lipinski definition) is 6. The van der Waals surface area contributed by atoms with E-state index in [9.17, 15) is 15.2 Å². The number of benzene rings is 3. The van der Waals surface area contributed by atoms with Crippen molar-refractivity contribution >= 4 is 28.0 Å². The number of H-pyrrole nitrogens is 1. The molecule has 8 heteroatoms. The van der Waals surface area contributed by atoms with Gasteiger partial charge in [-0.2, -0.15) is 0 Å². The van der Waals surface area contributed by atoms with Crippen molar-refractivity contribution in [1.29, 1.82) is 0 Å². The minimum Gasteiger partial charge on any atom is -0.497 e. The van der Waals surface area contributed by atoms with Crippen molar-refractivity contribution in [2.45, 2.75) is 25.8 Å². The molecular weight excluding hydrogens is 456 g/mol. The molecule has 36 heavy (non-hydrogen) atoms. The summed E-state index contributed by atoms with van der Waals surface area (Å²) in [4.78, 5) is 21.3. The number of fused-ring (bicyclic) bond motifs is 1. The first-order chi connectivity index (χ1) is 17.5. The van der Waals surface area contributed by atoms with Crippen molar-refractivity contribution in [3.8, 4) is 11.6 Å². The first kappa shape index (κ1) is 23.6. The molecule has 8 nitrogen and oxygen atoms in total. The number of likely N-dealkylation sites (tertiary alicyclic amines) is 1. The Bertz CT molecular complexity index is 1400. The number of methoxy groups -OCH3 is 1. The SMILES string of the molecule is COc1ccc(C(=Nc2ccc(CN3CCCCC3)cc2)c2c(O)[nH]c3ccc([N+](=O)[O-])cc23)cc1. The Morgan fingerprint density at radius 3 is 2.44 bits per heavy atom. The van der Waals surface area contributed by atoms with E-state index in [2.05, 4.69) is 22.0 Å². The molecule has 1 fully saturated rings. The van der Waals surface area contributed by atoms with Gasteiger partial charge in [0.15, 0.2) is 5.88 Å². The molecule has 184 valence electrons. The molecule has 0 radical (unpaired) electrons. The second-order valence-corrected chi connectivity index (χ2v) is 9.03. The van der Waals surface area contributed by atoms with Gasteiger partial charge in [-0.3, -0.25) is 15.0 Å². The van der Waals surface area contributed by atoms with Gasteiger partial charge < -0.3 is 14.8 Å². The van der Waals surface area contributed by atoms with E-state index < -0.39 is 4.92 Å². The van der Waals surface area contributed by atoms with Crippen molar-refractivity contribution in [1.82, 2.24) is 9.88 Å². The molecule has 0 bridgehead atoms. The van der Waals surface area contributed by atoms with E-state index in [4.69, 9.17) is 9.73 Å². The van der Waals surface area contributed by atoms with Gasteiger partial charge in [0.25, 0.3) is 5.69 Å². The lowest BCUT2D eigenvalue weighted by Crippen LogP contribution is -2.28. The molecule has 5 rings (SSSR count). The number of piperidine rings is 1. The Labute approximate surface area is 209 Å². The zero-order valence-electron chi connectivity index (χ0n) is 20.1. The highest BCUT2D eigenvalue weighted by Gasteiger charge is 2.21. The fraction of sp³-hybridized carbons (Fsp3) is 0.250. The van der Waals surface area contributed by atoms with Crippen LogP contribution in [0.4, 0.5) is 11.4 Å². The number of hydrogen-bond donors (Lipinski definition) is 2. The van der Waals surface area contributed by atoms with Crippen molar-refractivity contribution in [2.24, 2.45) is 4.99 Å². The predicted octanol–water partition coefficient (Wildman–Crippen LogP) is 5.95. The maximum atomic E-state index is 11.4. The topological polar surface area (TPSA) is 104 Å². The highest BCUT2D eigenvalue weighted by Crippen LogP contribution is 2.34. The summed E-state index contributed by atoms with van der Waals surface area (Å²) in [6.07, 6.45) is 3.81. The molecule has 0 atom stereocenters. The molecule has 3 aromatic carbocycles. The molecule has 2 N–H and O–H groups in total. The molecule has 1 aromatic heterocycles. The van der Waals surface area contributed by atoms with Crippen LogP contribution in [0.5, 0.6) is 11.6 Å². The second-order valence-electron chi connectivity index (χ2n) is 9.03. The Balaban J connectivity index is 1.57. The number of aromatic hydroxyl groups is 1. The number of non-ortho nitro benzene ring substituents is 1. The molecule has 0 saturated carbocycles. The maximum absolute atomic E-state index is 11.4. The molecule has 1 aliphatic heterocycles. The lowest BCUT2D eigenvalue weighted by atomic mass is 10.00. The summed E-state index contributed by atoms with van der Waals surface area (Å²) in [5, 5.41) is 22.8. The number of nitrogens with one attached hydrogen (secondary N) is 1. The van der Waals surface area contributed by atoms with Crippen LogP contribution in [-0.4, -0.2) is 45.8 Å². The van der Waals surface area contributed by atoms with E-state index in [0.717, 1.165) is 30.9 Å². The summed E-state index contributed by atoms with van der Waals surface area (Å²) in [5.41, 5.74) is 4.15. The average Bonchev–Trinajstić information content (AvgIpc) is 3.23. The second kappa shape index (κ2) is 10.2. The number of nitro groups is 1. The molecule has 4 aromatic rings. The molecule has 0 spiro atoms.